The number of anilines is 1. The van der Waals surface area contributed by atoms with Crippen LogP contribution in [0.15, 0.2) is 66.7 Å². The molecule has 4 nitrogen and oxygen atoms in total. The first-order chi connectivity index (χ1) is 14.7. The zero-order valence-corrected chi connectivity index (χ0v) is 18.4. The highest BCUT2D eigenvalue weighted by atomic mass is 15.3. The third kappa shape index (κ3) is 5.11. The molecule has 4 rings (SSSR count). The summed E-state index contributed by atoms with van der Waals surface area (Å²) in [6.07, 6.45) is 3.49. The molecule has 1 fully saturated rings. The molecule has 0 atom stereocenters. The van der Waals surface area contributed by atoms with E-state index in [1.165, 1.54) is 36.5 Å². The van der Waals surface area contributed by atoms with Crippen LogP contribution in [0.3, 0.4) is 0 Å². The van der Waals surface area contributed by atoms with E-state index in [0.29, 0.717) is 5.92 Å². The minimum Gasteiger partial charge on any atom is -0.369 e. The van der Waals surface area contributed by atoms with Gasteiger partial charge in [0, 0.05) is 37.6 Å². The van der Waals surface area contributed by atoms with Gasteiger partial charge in [0.15, 0.2) is 0 Å². The topological polar surface area (TPSA) is 24.3 Å². The number of hydrogen-bond donors (Lipinski definition) is 0. The summed E-state index contributed by atoms with van der Waals surface area (Å²) in [6.45, 7) is 10.3. The molecule has 2 aromatic carbocycles. The summed E-state index contributed by atoms with van der Waals surface area (Å²) in [5.74, 6) is 0.465. The molecule has 4 heteroatoms. The summed E-state index contributed by atoms with van der Waals surface area (Å²) in [4.78, 5) is 5.11. The number of unbranched alkanes of at least 4 members (excludes halogenated alkanes) is 1. The van der Waals surface area contributed by atoms with Crippen LogP contribution in [0.5, 0.6) is 0 Å². The van der Waals surface area contributed by atoms with Crippen LogP contribution in [-0.4, -0.2) is 47.4 Å². The number of aromatic nitrogens is 2. The van der Waals surface area contributed by atoms with Crippen molar-refractivity contribution < 1.29 is 0 Å². The van der Waals surface area contributed by atoms with E-state index in [1.54, 1.807) is 0 Å². The monoisotopic (exact) mass is 402 g/mol. The average molecular weight is 403 g/mol. The largest absolute Gasteiger partial charge is 0.369 e. The van der Waals surface area contributed by atoms with Gasteiger partial charge in [-0.3, -0.25) is 4.90 Å². The molecular weight excluding hydrogens is 368 g/mol. The highest BCUT2D eigenvalue weighted by molar-refractivity contribution is 5.46. The Balaban J connectivity index is 1.24. The van der Waals surface area contributed by atoms with E-state index in [-0.39, 0.29) is 0 Å². The summed E-state index contributed by atoms with van der Waals surface area (Å²) in [5, 5.41) is 4.93. The highest BCUT2D eigenvalue weighted by Gasteiger charge is 2.17. The summed E-state index contributed by atoms with van der Waals surface area (Å²) in [5.41, 5.74) is 5.03. The predicted molar refractivity (Wildman–Crippen MR) is 126 cm³/mol. The van der Waals surface area contributed by atoms with Crippen molar-refractivity contribution in [3.05, 3.63) is 78.1 Å². The lowest BCUT2D eigenvalue weighted by Gasteiger charge is -2.36. The second-order valence-corrected chi connectivity index (χ2v) is 8.58. The van der Waals surface area contributed by atoms with Gasteiger partial charge in [0.1, 0.15) is 0 Å². The van der Waals surface area contributed by atoms with Crippen LogP contribution < -0.4 is 4.90 Å². The van der Waals surface area contributed by atoms with Crippen LogP contribution in [0.2, 0.25) is 0 Å². The Bertz CT molecular complexity index is 893. The van der Waals surface area contributed by atoms with E-state index >= 15 is 0 Å². The van der Waals surface area contributed by atoms with Crippen molar-refractivity contribution in [3.63, 3.8) is 0 Å². The Labute approximate surface area is 181 Å². The van der Waals surface area contributed by atoms with E-state index in [1.807, 2.05) is 0 Å². The molecule has 1 aliphatic heterocycles. The van der Waals surface area contributed by atoms with E-state index in [2.05, 4.69) is 95.1 Å². The van der Waals surface area contributed by atoms with Gasteiger partial charge >= 0.3 is 0 Å². The van der Waals surface area contributed by atoms with Gasteiger partial charge in [0.05, 0.1) is 11.4 Å². The van der Waals surface area contributed by atoms with Crippen LogP contribution in [0.1, 0.15) is 44.0 Å². The Morgan fingerprint density at radius 1 is 0.800 bits per heavy atom. The molecule has 0 aliphatic carbocycles. The second-order valence-electron chi connectivity index (χ2n) is 8.58. The molecule has 158 valence electrons. The van der Waals surface area contributed by atoms with Crippen molar-refractivity contribution in [2.45, 2.75) is 39.0 Å². The van der Waals surface area contributed by atoms with Crippen molar-refractivity contribution in [2.75, 3.05) is 37.6 Å². The van der Waals surface area contributed by atoms with Crippen molar-refractivity contribution in [3.8, 4) is 5.69 Å². The maximum absolute atomic E-state index is 4.93. The van der Waals surface area contributed by atoms with Crippen LogP contribution in [0, 0.1) is 0 Å². The number of rotatable bonds is 8. The van der Waals surface area contributed by atoms with Crippen LogP contribution >= 0.6 is 0 Å². The molecule has 1 aliphatic rings. The summed E-state index contributed by atoms with van der Waals surface area (Å²) < 4.78 is 2.13. The molecule has 1 saturated heterocycles. The Kier molecular flexibility index (Phi) is 6.85. The smallest absolute Gasteiger partial charge is 0.0649 e. The molecule has 3 aromatic rings. The van der Waals surface area contributed by atoms with Gasteiger partial charge in [-0.15, -0.1) is 0 Å². The minimum absolute atomic E-state index is 0.465. The van der Waals surface area contributed by atoms with Crippen LogP contribution in [0.25, 0.3) is 5.69 Å². The fourth-order valence-corrected chi connectivity index (χ4v) is 4.27. The minimum atomic E-state index is 0.465. The van der Waals surface area contributed by atoms with E-state index in [4.69, 9.17) is 5.10 Å². The molecule has 0 unspecified atom stereocenters. The molecule has 1 aromatic heterocycles. The van der Waals surface area contributed by atoms with Gasteiger partial charge in [-0.05, 0) is 62.1 Å². The molecule has 0 spiro atoms. The Morgan fingerprint density at radius 2 is 1.43 bits per heavy atom. The lowest BCUT2D eigenvalue weighted by atomic mass is 10.1. The molecule has 0 N–H and O–H groups in total. The quantitative estimate of drug-likeness (QED) is 0.488. The lowest BCUT2D eigenvalue weighted by molar-refractivity contribution is 0.253. The number of nitrogens with zero attached hydrogens (tertiary/aromatic N) is 4. The van der Waals surface area contributed by atoms with E-state index in [9.17, 15) is 0 Å². The predicted octanol–water partition coefficient (Wildman–Crippen LogP) is 5.14. The average Bonchev–Trinajstić information content (AvgIpc) is 3.23. The number of benzene rings is 2. The normalized spacial score (nSPS) is 15.1. The first-order valence-corrected chi connectivity index (χ1v) is 11.4. The third-order valence-corrected chi connectivity index (χ3v) is 6.03. The van der Waals surface area contributed by atoms with Gasteiger partial charge in [0.25, 0.3) is 0 Å². The molecule has 0 bridgehead atoms. The summed E-state index contributed by atoms with van der Waals surface area (Å²) >= 11 is 0. The fourth-order valence-electron chi connectivity index (χ4n) is 4.27. The number of hydrogen-bond acceptors (Lipinski definition) is 3. The summed E-state index contributed by atoms with van der Waals surface area (Å²) in [6, 6.07) is 23.6. The Morgan fingerprint density at radius 3 is 2.07 bits per heavy atom. The third-order valence-electron chi connectivity index (χ3n) is 6.03. The van der Waals surface area contributed by atoms with Gasteiger partial charge in [-0.1, -0.05) is 50.2 Å². The summed E-state index contributed by atoms with van der Waals surface area (Å²) in [7, 11) is 0. The van der Waals surface area contributed by atoms with E-state index < -0.39 is 0 Å². The van der Waals surface area contributed by atoms with Gasteiger partial charge < -0.3 is 4.90 Å². The van der Waals surface area contributed by atoms with Crippen molar-refractivity contribution in [1.29, 1.82) is 0 Å². The Hall–Kier alpha value is -2.59. The van der Waals surface area contributed by atoms with Gasteiger partial charge in [-0.25, -0.2) is 4.68 Å². The SMILES string of the molecule is CC(C)c1cc(CCCCN2CCN(c3ccccc3)CC2)nn1-c1ccccc1. The van der Waals surface area contributed by atoms with Gasteiger partial charge in [-0.2, -0.15) is 5.10 Å². The molecule has 30 heavy (non-hydrogen) atoms. The number of piperazine rings is 1. The molecule has 0 amide bonds. The molecule has 0 radical (unpaired) electrons. The standard InChI is InChI=1S/C26H34N4/c1-22(2)26-21-23(27-30(26)25-14-7-4-8-15-25)11-9-10-16-28-17-19-29(20-18-28)24-12-5-3-6-13-24/h3-8,12-15,21-22H,9-11,16-20H2,1-2H3. The van der Waals surface area contributed by atoms with Crippen molar-refractivity contribution in [1.82, 2.24) is 14.7 Å². The van der Waals surface area contributed by atoms with E-state index in [0.717, 1.165) is 38.3 Å². The fraction of sp³-hybridized carbons (Fsp3) is 0.423. The van der Waals surface area contributed by atoms with Crippen LogP contribution in [0.4, 0.5) is 5.69 Å². The first-order valence-electron chi connectivity index (χ1n) is 11.4. The first kappa shape index (κ1) is 20.7. The maximum Gasteiger partial charge on any atom is 0.0649 e. The molecule has 0 saturated carbocycles. The number of aryl methyl sites for hydroxylation is 1. The highest BCUT2D eigenvalue weighted by Crippen LogP contribution is 2.21. The van der Waals surface area contributed by atoms with Gasteiger partial charge in [0.2, 0.25) is 0 Å². The molecular formula is C26H34N4. The van der Waals surface area contributed by atoms with Crippen molar-refractivity contribution in [2.24, 2.45) is 0 Å². The van der Waals surface area contributed by atoms with Crippen LogP contribution in [-0.2, 0) is 6.42 Å². The second kappa shape index (κ2) is 9.94. The zero-order valence-electron chi connectivity index (χ0n) is 18.4. The molecule has 2 heterocycles. The maximum atomic E-state index is 4.93. The number of para-hydroxylation sites is 2. The van der Waals surface area contributed by atoms with Crippen molar-refractivity contribution >= 4 is 5.69 Å². The lowest BCUT2D eigenvalue weighted by Crippen LogP contribution is -2.46. The zero-order chi connectivity index (χ0) is 20.8.